The highest BCUT2D eigenvalue weighted by molar-refractivity contribution is 5.64. The Morgan fingerprint density at radius 1 is 0.870 bits per heavy atom. The first-order chi connectivity index (χ1) is 11.3. The summed E-state index contributed by atoms with van der Waals surface area (Å²) in [4.78, 5) is 0. The maximum atomic E-state index is 13.3. The number of allylic oxidation sites excluding steroid dienone is 2. The Balaban J connectivity index is 1.69. The fourth-order valence-electron chi connectivity index (χ4n) is 3.42. The summed E-state index contributed by atoms with van der Waals surface area (Å²) in [6.45, 7) is 2.05. The zero-order valence-corrected chi connectivity index (χ0v) is 13.8. The lowest BCUT2D eigenvalue weighted by atomic mass is 9.83. The summed E-state index contributed by atoms with van der Waals surface area (Å²) < 4.78 is 13.3. The zero-order valence-electron chi connectivity index (χ0n) is 13.8. The van der Waals surface area contributed by atoms with Gasteiger partial charge in [0, 0.05) is 0 Å². The van der Waals surface area contributed by atoms with Crippen LogP contribution in [0.4, 0.5) is 4.39 Å². The Morgan fingerprint density at radius 2 is 1.43 bits per heavy atom. The summed E-state index contributed by atoms with van der Waals surface area (Å²) in [5.74, 6) is 0.541. The van der Waals surface area contributed by atoms with Crippen LogP contribution >= 0.6 is 0 Å². The number of hydrogen-bond donors (Lipinski definition) is 0. The average Bonchev–Trinajstić information content (AvgIpc) is 2.61. The molecule has 23 heavy (non-hydrogen) atoms. The molecule has 0 amide bonds. The molecule has 0 unspecified atom stereocenters. The maximum absolute atomic E-state index is 13.3. The molecule has 0 spiro atoms. The summed E-state index contributed by atoms with van der Waals surface area (Å²) in [5, 5.41) is 0. The highest BCUT2D eigenvalue weighted by Crippen LogP contribution is 2.34. The molecule has 0 saturated heterocycles. The van der Waals surface area contributed by atoms with Crippen LogP contribution in [0.3, 0.4) is 0 Å². The molecule has 0 heterocycles. The van der Waals surface area contributed by atoms with Gasteiger partial charge in [0.15, 0.2) is 0 Å². The van der Waals surface area contributed by atoms with Gasteiger partial charge >= 0.3 is 0 Å². The Morgan fingerprint density at radius 3 is 2.00 bits per heavy atom. The first kappa shape index (κ1) is 16.0. The van der Waals surface area contributed by atoms with E-state index < -0.39 is 6.17 Å². The first-order valence-corrected chi connectivity index (χ1v) is 8.71. The van der Waals surface area contributed by atoms with Gasteiger partial charge in [-0.3, -0.25) is 0 Å². The molecule has 1 fully saturated rings. The summed E-state index contributed by atoms with van der Waals surface area (Å²) in [6.07, 6.45) is 8.10. The van der Waals surface area contributed by atoms with E-state index in [1.807, 2.05) is 0 Å². The van der Waals surface area contributed by atoms with Crippen LogP contribution in [0.5, 0.6) is 0 Å². The fourth-order valence-corrected chi connectivity index (χ4v) is 3.42. The summed E-state index contributed by atoms with van der Waals surface area (Å²) in [6, 6.07) is 17.7. The first-order valence-electron chi connectivity index (χ1n) is 8.71. The Hall–Kier alpha value is -1.89. The van der Waals surface area contributed by atoms with E-state index in [0.29, 0.717) is 5.92 Å². The molecule has 2 aromatic rings. The largest absolute Gasteiger partial charge is 0.247 e. The molecule has 0 radical (unpaired) electrons. The van der Waals surface area contributed by atoms with Crippen LogP contribution in [0, 0.1) is 0 Å². The van der Waals surface area contributed by atoms with Crippen molar-refractivity contribution in [2.75, 3.05) is 0 Å². The van der Waals surface area contributed by atoms with E-state index in [1.54, 1.807) is 0 Å². The number of hydrogen-bond acceptors (Lipinski definition) is 0. The smallest absolute Gasteiger partial charge is 0.100 e. The molecule has 0 bridgehead atoms. The van der Waals surface area contributed by atoms with Crippen molar-refractivity contribution in [2.45, 2.75) is 51.1 Å². The van der Waals surface area contributed by atoms with Crippen molar-refractivity contribution in [2.24, 2.45) is 0 Å². The Bertz CT molecular complexity index is 629. The van der Waals surface area contributed by atoms with Crippen LogP contribution in [0.15, 0.2) is 60.7 Å². The van der Waals surface area contributed by atoms with Gasteiger partial charge in [0.1, 0.15) is 6.17 Å². The van der Waals surface area contributed by atoms with E-state index in [4.69, 9.17) is 0 Å². The minimum atomic E-state index is -0.577. The Kier molecular flexibility index (Phi) is 5.27. The molecule has 0 nitrogen and oxygen atoms in total. The van der Waals surface area contributed by atoms with Crippen molar-refractivity contribution in [3.63, 3.8) is 0 Å². The van der Waals surface area contributed by atoms with Crippen molar-refractivity contribution in [1.82, 2.24) is 0 Å². The van der Waals surface area contributed by atoms with Crippen LogP contribution in [0.1, 0.15) is 49.7 Å². The molecular weight excluding hydrogens is 283 g/mol. The van der Waals surface area contributed by atoms with Crippen molar-refractivity contribution in [1.29, 1.82) is 0 Å². The average molecular weight is 308 g/mol. The van der Waals surface area contributed by atoms with E-state index in [0.717, 1.165) is 32.1 Å². The molecule has 0 N–H and O–H groups in total. The van der Waals surface area contributed by atoms with Crippen LogP contribution in [-0.2, 0) is 6.42 Å². The third kappa shape index (κ3) is 4.10. The second-order valence-electron chi connectivity index (χ2n) is 6.54. The maximum Gasteiger partial charge on any atom is 0.100 e. The van der Waals surface area contributed by atoms with Crippen LogP contribution in [0.25, 0.3) is 11.1 Å². The molecule has 0 aliphatic heterocycles. The van der Waals surface area contributed by atoms with Gasteiger partial charge in [-0.05, 0) is 67.2 Å². The van der Waals surface area contributed by atoms with Crippen LogP contribution in [0.2, 0.25) is 0 Å². The van der Waals surface area contributed by atoms with Gasteiger partial charge in [0.05, 0.1) is 0 Å². The second kappa shape index (κ2) is 7.59. The standard InChI is InChI=1S/C22H25F/c1-2-3-4-17-5-7-18(8-6-17)19-9-11-20(12-10-19)21-13-15-22(23)16-14-21/h2-3,5-12,21-22H,4,13-16H2,1H3. The number of halogens is 1. The van der Waals surface area contributed by atoms with E-state index in [9.17, 15) is 4.39 Å². The van der Waals surface area contributed by atoms with Gasteiger partial charge in [0.25, 0.3) is 0 Å². The lowest BCUT2D eigenvalue weighted by Gasteiger charge is -2.24. The molecular formula is C22H25F. The fraction of sp³-hybridized carbons (Fsp3) is 0.364. The third-order valence-corrected chi connectivity index (χ3v) is 4.92. The summed E-state index contributed by atoms with van der Waals surface area (Å²) in [5.41, 5.74) is 5.22. The predicted octanol–water partition coefficient (Wildman–Crippen LogP) is 6.47. The van der Waals surface area contributed by atoms with Crippen LogP contribution < -0.4 is 0 Å². The number of rotatable bonds is 4. The van der Waals surface area contributed by atoms with E-state index in [2.05, 4.69) is 67.6 Å². The Labute approximate surface area is 139 Å². The van der Waals surface area contributed by atoms with Crippen molar-refractivity contribution in [3.05, 3.63) is 71.8 Å². The molecule has 120 valence electrons. The molecule has 1 aliphatic rings. The molecule has 0 atom stereocenters. The zero-order chi connectivity index (χ0) is 16.1. The quantitative estimate of drug-likeness (QED) is 0.568. The van der Waals surface area contributed by atoms with Crippen molar-refractivity contribution < 1.29 is 4.39 Å². The van der Waals surface area contributed by atoms with Crippen LogP contribution in [-0.4, -0.2) is 6.17 Å². The van der Waals surface area contributed by atoms with Gasteiger partial charge in [-0.15, -0.1) is 0 Å². The molecule has 3 rings (SSSR count). The minimum absolute atomic E-state index is 0.541. The predicted molar refractivity (Wildman–Crippen MR) is 96.5 cm³/mol. The van der Waals surface area contributed by atoms with Gasteiger partial charge in [-0.2, -0.15) is 0 Å². The third-order valence-electron chi connectivity index (χ3n) is 4.92. The highest BCUT2D eigenvalue weighted by atomic mass is 19.1. The van der Waals surface area contributed by atoms with Crippen molar-refractivity contribution in [3.8, 4) is 11.1 Å². The normalized spacial score (nSPS) is 21.7. The molecule has 1 aliphatic carbocycles. The second-order valence-corrected chi connectivity index (χ2v) is 6.54. The van der Waals surface area contributed by atoms with E-state index in [-0.39, 0.29) is 0 Å². The minimum Gasteiger partial charge on any atom is -0.247 e. The topological polar surface area (TPSA) is 0 Å². The van der Waals surface area contributed by atoms with E-state index >= 15 is 0 Å². The van der Waals surface area contributed by atoms with Gasteiger partial charge in [-0.1, -0.05) is 60.7 Å². The lowest BCUT2D eigenvalue weighted by molar-refractivity contribution is 0.235. The lowest BCUT2D eigenvalue weighted by Crippen LogP contribution is -2.13. The monoisotopic (exact) mass is 308 g/mol. The summed E-state index contributed by atoms with van der Waals surface area (Å²) in [7, 11) is 0. The molecule has 0 aromatic heterocycles. The summed E-state index contributed by atoms with van der Waals surface area (Å²) >= 11 is 0. The van der Waals surface area contributed by atoms with Gasteiger partial charge < -0.3 is 0 Å². The van der Waals surface area contributed by atoms with E-state index in [1.165, 1.54) is 22.3 Å². The molecule has 1 heteroatoms. The number of alkyl halides is 1. The highest BCUT2D eigenvalue weighted by Gasteiger charge is 2.21. The molecule has 2 aromatic carbocycles. The number of benzene rings is 2. The van der Waals surface area contributed by atoms with Gasteiger partial charge in [-0.25, -0.2) is 4.39 Å². The SMILES string of the molecule is CC=CCc1ccc(-c2ccc(C3CCC(F)CC3)cc2)cc1. The van der Waals surface area contributed by atoms with Crippen molar-refractivity contribution >= 4 is 0 Å². The van der Waals surface area contributed by atoms with Gasteiger partial charge in [0.2, 0.25) is 0 Å². The molecule has 1 saturated carbocycles.